The van der Waals surface area contributed by atoms with Crippen molar-refractivity contribution in [3.63, 3.8) is 0 Å². The Morgan fingerprint density at radius 3 is 2.65 bits per heavy atom. The lowest BCUT2D eigenvalue weighted by molar-refractivity contribution is -0.118. The van der Waals surface area contributed by atoms with Gasteiger partial charge in [-0.1, -0.05) is 28.1 Å². The van der Waals surface area contributed by atoms with Gasteiger partial charge in [0.15, 0.2) is 0 Å². The molecule has 1 fully saturated rings. The number of fused-ring (bicyclic) bond motifs is 1. The van der Waals surface area contributed by atoms with E-state index < -0.39 is 5.41 Å². The lowest BCUT2D eigenvalue weighted by Crippen LogP contribution is -2.33. The van der Waals surface area contributed by atoms with Gasteiger partial charge >= 0.3 is 0 Å². The standard InChI is InChI=1S/C21H21BrN2O2/c1-14(25)24-11-3-4-15-12-18(7-8-19(15)24)23-20(26)21(9-10-21)16-5-2-6-17(22)13-16/h2,5-8,12-13H,3-4,9-11H2,1H3,(H,23,26). The summed E-state index contributed by atoms with van der Waals surface area (Å²) < 4.78 is 0.993. The van der Waals surface area contributed by atoms with Crippen LogP contribution < -0.4 is 10.2 Å². The van der Waals surface area contributed by atoms with Crippen LogP contribution in [0, 0.1) is 0 Å². The number of carbonyl (C=O) groups excluding carboxylic acids is 2. The first-order chi connectivity index (χ1) is 12.5. The van der Waals surface area contributed by atoms with E-state index >= 15 is 0 Å². The van der Waals surface area contributed by atoms with E-state index in [-0.39, 0.29) is 11.8 Å². The van der Waals surface area contributed by atoms with Crippen LogP contribution >= 0.6 is 15.9 Å². The van der Waals surface area contributed by atoms with Crippen molar-refractivity contribution in [1.29, 1.82) is 0 Å². The Bertz CT molecular complexity index is 889. The number of nitrogens with zero attached hydrogens (tertiary/aromatic N) is 1. The number of benzene rings is 2. The van der Waals surface area contributed by atoms with E-state index in [1.807, 2.05) is 47.4 Å². The van der Waals surface area contributed by atoms with Crippen LogP contribution in [-0.4, -0.2) is 18.4 Å². The monoisotopic (exact) mass is 412 g/mol. The third kappa shape index (κ3) is 3.05. The van der Waals surface area contributed by atoms with Gasteiger partial charge in [0.2, 0.25) is 11.8 Å². The Labute approximate surface area is 161 Å². The Kier molecular flexibility index (Phi) is 4.35. The van der Waals surface area contributed by atoms with Crippen molar-refractivity contribution in [1.82, 2.24) is 0 Å². The summed E-state index contributed by atoms with van der Waals surface area (Å²) >= 11 is 3.49. The maximum absolute atomic E-state index is 13.0. The fraction of sp³-hybridized carbons (Fsp3) is 0.333. The zero-order chi connectivity index (χ0) is 18.3. The van der Waals surface area contributed by atoms with Crippen molar-refractivity contribution in [2.75, 3.05) is 16.8 Å². The highest BCUT2D eigenvalue weighted by atomic mass is 79.9. The second-order valence-electron chi connectivity index (χ2n) is 7.16. The third-order valence-corrected chi connectivity index (χ3v) is 5.89. The van der Waals surface area contributed by atoms with E-state index in [2.05, 4.69) is 21.2 Å². The minimum atomic E-state index is -0.412. The van der Waals surface area contributed by atoms with Gasteiger partial charge in [-0.2, -0.15) is 0 Å². The molecule has 0 bridgehead atoms. The number of anilines is 2. The minimum Gasteiger partial charge on any atom is -0.325 e. The molecule has 1 aliphatic carbocycles. The van der Waals surface area contributed by atoms with Crippen LogP contribution in [0.2, 0.25) is 0 Å². The molecule has 0 spiro atoms. The predicted octanol–water partition coefficient (Wildman–Crippen LogP) is 4.42. The Morgan fingerprint density at radius 2 is 1.96 bits per heavy atom. The highest BCUT2D eigenvalue weighted by Gasteiger charge is 2.51. The molecule has 2 aliphatic rings. The van der Waals surface area contributed by atoms with Gasteiger partial charge in [-0.25, -0.2) is 0 Å². The lowest BCUT2D eigenvalue weighted by atomic mass is 9.94. The largest absolute Gasteiger partial charge is 0.325 e. The molecule has 0 atom stereocenters. The van der Waals surface area contributed by atoms with Gasteiger partial charge in [-0.3, -0.25) is 9.59 Å². The van der Waals surface area contributed by atoms with Gasteiger partial charge in [0, 0.05) is 29.3 Å². The fourth-order valence-electron chi connectivity index (χ4n) is 3.81. The molecule has 1 saturated carbocycles. The number of halogens is 1. The zero-order valence-corrected chi connectivity index (χ0v) is 16.3. The summed E-state index contributed by atoms with van der Waals surface area (Å²) in [7, 11) is 0. The Morgan fingerprint density at radius 1 is 1.15 bits per heavy atom. The van der Waals surface area contributed by atoms with E-state index in [0.29, 0.717) is 0 Å². The van der Waals surface area contributed by atoms with E-state index in [4.69, 9.17) is 0 Å². The van der Waals surface area contributed by atoms with Crippen molar-refractivity contribution in [3.8, 4) is 0 Å². The van der Waals surface area contributed by atoms with E-state index in [1.165, 1.54) is 0 Å². The number of hydrogen-bond acceptors (Lipinski definition) is 2. The summed E-state index contributed by atoms with van der Waals surface area (Å²) in [6.07, 6.45) is 3.63. The molecule has 1 heterocycles. The normalized spacial score (nSPS) is 17.4. The minimum absolute atomic E-state index is 0.0507. The molecule has 4 rings (SSSR count). The molecule has 1 N–H and O–H groups in total. The molecule has 26 heavy (non-hydrogen) atoms. The summed E-state index contributed by atoms with van der Waals surface area (Å²) in [4.78, 5) is 26.6. The molecule has 0 aromatic heterocycles. The topological polar surface area (TPSA) is 49.4 Å². The van der Waals surface area contributed by atoms with Crippen LogP contribution in [0.15, 0.2) is 46.9 Å². The number of amides is 2. The molecule has 0 radical (unpaired) electrons. The van der Waals surface area contributed by atoms with Crippen molar-refractivity contribution in [2.45, 2.75) is 38.0 Å². The van der Waals surface area contributed by atoms with Gasteiger partial charge in [-0.05, 0) is 67.1 Å². The molecule has 0 saturated heterocycles. The van der Waals surface area contributed by atoms with E-state index in [9.17, 15) is 9.59 Å². The molecule has 2 aromatic rings. The molecular formula is C21H21BrN2O2. The molecular weight excluding hydrogens is 392 g/mol. The van der Waals surface area contributed by atoms with Crippen molar-refractivity contribution >= 4 is 39.1 Å². The summed E-state index contributed by atoms with van der Waals surface area (Å²) in [5.41, 5.74) is 3.54. The Balaban J connectivity index is 1.56. The summed E-state index contributed by atoms with van der Waals surface area (Å²) in [5, 5.41) is 3.10. The maximum Gasteiger partial charge on any atom is 0.235 e. The van der Waals surface area contributed by atoms with Crippen LogP contribution in [0.4, 0.5) is 11.4 Å². The first-order valence-electron chi connectivity index (χ1n) is 8.98. The number of hydrogen-bond donors (Lipinski definition) is 1. The first-order valence-corrected chi connectivity index (χ1v) is 9.77. The van der Waals surface area contributed by atoms with Crippen LogP contribution in [0.3, 0.4) is 0 Å². The van der Waals surface area contributed by atoms with Gasteiger partial charge < -0.3 is 10.2 Å². The van der Waals surface area contributed by atoms with Crippen LogP contribution in [-0.2, 0) is 21.4 Å². The second kappa shape index (κ2) is 6.54. The molecule has 4 nitrogen and oxygen atoms in total. The van der Waals surface area contributed by atoms with Crippen molar-refractivity contribution < 1.29 is 9.59 Å². The smallest absolute Gasteiger partial charge is 0.235 e. The quantitative estimate of drug-likeness (QED) is 0.810. The number of nitrogens with one attached hydrogen (secondary N) is 1. The maximum atomic E-state index is 13.0. The van der Waals surface area contributed by atoms with Gasteiger partial charge in [0.1, 0.15) is 0 Å². The first kappa shape index (κ1) is 17.3. The molecule has 1 aliphatic heterocycles. The van der Waals surface area contributed by atoms with Crippen LogP contribution in [0.5, 0.6) is 0 Å². The van der Waals surface area contributed by atoms with Gasteiger partial charge in [0.25, 0.3) is 0 Å². The van der Waals surface area contributed by atoms with Crippen molar-refractivity contribution in [3.05, 3.63) is 58.1 Å². The van der Waals surface area contributed by atoms with Crippen LogP contribution in [0.25, 0.3) is 0 Å². The van der Waals surface area contributed by atoms with Gasteiger partial charge in [0.05, 0.1) is 5.41 Å². The summed E-state index contributed by atoms with van der Waals surface area (Å²) in [6, 6.07) is 13.9. The molecule has 2 amide bonds. The number of aryl methyl sites for hydroxylation is 1. The zero-order valence-electron chi connectivity index (χ0n) is 14.7. The lowest BCUT2D eigenvalue weighted by Gasteiger charge is -2.29. The van der Waals surface area contributed by atoms with E-state index in [1.54, 1.807) is 6.92 Å². The highest BCUT2D eigenvalue weighted by Crippen LogP contribution is 2.49. The third-order valence-electron chi connectivity index (χ3n) is 5.40. The average molecular weight is 413 g/mol. The van der Waals surface area contributed by atoms with Crippen molar-refractivity contribution in [2.24, 2.45) is 0 Å². The molecule has 134 valence electrons. The molecule has 0 unspecified atom stereocenters. The summed E-state index contributed by atoms with van der Waals surface area (Å²) in [5.74, 6) is 0.115. The van der Waals surface area contributed by atoms with E-state index in [0.717, 1.165) is 59.2 Å². The average Bonchev–Trinajstić information content (AvgIpc) is 3.43. The fourth-order valence-corrected chi connectivity index (χ4v) is 4.21. The number of rotatable bonds is 3. The second-order valence-corrected chi connectivity index (χ2v) is 8.08. The summed E-state index contributed by atoms with van der Waals surface area (Å²) in [6.45, 7) is 2.36. The van der Waals surface area contributed by atoms with Gasteiger partial charge in [-0.15, -0.1) is 0 Å². The SMILES string of the molecule is CC(=O)N1CCCc2cc(NC(=O)C3(c4cccc(Br)c4)CC3)ccc21. The Hall–Kier alpha value is -2.14. The number of carbonyl (C=O) groups is 2. The molecule has 2 aromatic carbocycles. The van der Waals surface area contributed by atoms with Crippen LogP contribution in [0.1, 0.15) is 37.3 Å². The predicted molar refractivity (Wildman–Crippen MR) is 106 cm³/mol. The highest BCUT2D eigenvalue weighted by molar-refractivity contribution is 9.10. The molecule has 5 heteroatoms.